The molecule has 3 rings (SSSR count). The van der Waals surface area contributed by atoms with E-state index in [1.807, 2.05) is 0 Å². The van der Waals surface area contributed by atoms with Crippen LogP contribution in [0, 0.1) is 28.4 Å². The molecule has 21 heavy (non-hydrogen) atoms. The first-order valence-electron chi connectivity index (χ1n) is 7.42. The summed E-state index contributed by atoms with van der Waals surface area (Å²) in [6.07, 6.45) is 2.64. The highest BCUT2D eigenvalue weighted by atomic mass is 19.1. The van der Waals surface area contributed by atoms with Crippen molar-refractivity contribution in [1.82, 2.24) is 0 Å². The summed E-state index contributed by atoms with van der Waals surface area (Å²) in [6.45, 7) is 6.51. The maximum atomic E-state index is 13.7. The average molecular weight is 294 g/mol. The Balaban J connectivity index is 1.84. The molecule has 2 aliphatic carbocycles. The Morgan fingerprint density at radius 3 is 2.33 bits per heavy atom. The fourth-order valence-electron chi connectivity index (χ4n) is 4.19. The van der Waals surface area contributed by atoms with E-state index >= 15 is 0 Å². The van der Waals surface area contributed by atoms with Crippen LogP contribution in [-0.4, -0.2) is 12.1 Å². The van der Waals surface area contributed by atoms with Gasteiger partial charge in [-0.1, -0.05) is 26.8 Å². The van der Waals surface area contributed by atoms with Gasteiger partial charge in [0.2, 0.25) is 0 Å². The molecule has 2 nitrogen and oxygen atoms in total. The number of fused-ring (bicyclic) bond motifs is 2. The van der Waals surface area contributed by atoms with Crippen LogP contribution in [0.1, 0.15) is 50.4 Å². The fraction of sp³-hybridized carbons (Fsp3) is 0.588. The zero-order chi connectivity index (χ0) is 15.4. The summed E-state index contributed by atoms with van der Waals surface area (Å²) < 4.78 is 32.9. The lowest BCUT2D eigenvalue weighted by molar-refractivity contribution is -0.0249. The van der Waals surface area contributed by atoms with Crippen molar-refractivity contribution < 1.29 is 18.3 Å². The van der Waals surface area contributed by atoms with Gasteiger partial charge in [-0.3, -0.25) is 0 Å². The molecule has 1 aromatic carbocycles. The summed E-state index contributed by atoms with van der Waals surface area (Å²) >= 11 is 0. The minimum Gasteiger partial charge on any atom is -0.458 e. The standard InChI is InChI=1S/C17H20F2O2/c1-16(2)10-7-8-17(16,3)13(9-10)21-15(20)14-11(18)5-4-6-12(14)19/h4-6,10,13H,7-9H2,1-3H3. The van der Waals surface area contributed by atoms with Gasteiger partial charge in [0.1, 0.15) is 23.3 Å². The van der Waals surface area contributed by atoms with E-state index in [-0.39, 0.29) is 16.9 Å². The predicted octanol–water partition coefficient (Wildman–Crippen LogP) is 4.34. The summed E-state index contributed by atoms with van der Waals surface area (Å²) in [5.41, 5.74) is -0.609. The predicted molar refractivity (Wildman–Crippen MR) is 74.8 cm³/mol. The van der Waals surface area contributed by atoms with Crippen LogP contribution < -0.4 is 0 Å². The Morgan fingerprint density at radius 2 is 1.86 bits per heavy atom. The van der Waals surface area contributed by atoms with Gasteiger partial charge in [-0.05, 0) is 42.7 Å². The molecule has 0 N–H and O–H groups in total. The van der Waals surface area contributed by atoms with Crippen molar-refractivity contribution in [2.24, 2.45) is 16.7 Å². The number of ether oxygens (including phenoxy) is 1. The number of esters is 1. The van der Waals surface area contributed by atoms with Crippen molar-refractivity contribution >= 4 is 5.97 Å². The Bertz CT molecular complexity index is 576. The molecule has 3 atom stereocenters. The third kappa shape index (κ3) is 1.91. The lowest BCUT2D eigenvalue weighted by Gasteiger charge is -2.38. The zero-order valence-electron chi connectivity index (χ0n) is 12.6. The molecular formula is C17H20F2O2. The molecule has 2 saturated carbocycles. The Hall–Kier alpha value is -1.45. The Labute approximate surface area is 123 Å². The highest BCUT2D eigenvalue weighted by Crippen LogP contribution is 2.66. The summed E-state index contributed by atoms with van der Waals surface area (Å²) in [5, 5.41) is 0. The highest BCUT2D eigenvalue weighted by Gasteiger charge is 2.62. The van der Waals surface area contributed by atoms with Gasteiger partial charge in [0.05, 0.1) is 0 Å². The minimum atomic E-state index is -0.889. The summed E-state index contributed by atoms with van der Waals surface area (Å²) in [7, 11) is 0. The van der Waals surface area contributed by atoms with Gasteiger partial charge in [-0.2, -0.15) is 0 Å². The summed E-state index contributed by atoms with van der Waals surface area (Å²) in [5.74, 6) is -2.12. The number of carbonyl (C=O) groups is 1. The molecular weight excluding hydrogens is 274 g/mol. The molecule has 0 amide bonds. The molecule has 0 spiro atoms. The van der Waals surface area contributed by atoms with Crippen LogP contribution in [0.25, 0.3) is 0 Å². The van der Waals surface area contributed by atoms with Crippen molar-refractivity contribution in [3.05, 3.63) is 35.4 Å². The van der Waals surface area contributed by atoms with E-state index in [4.69, 9.17) is 4.74 Å². The fourth-order valence-corrected chi connectivity index (χ4v) is 4.19. The van der Waals surface area contributed by atoms with Crippen molar-refractivity contribution in [3.63, 3.8) is 0 Å². The van der Waals surface area contributed by atoms with Gasteiger partial charge >= 0.3 is 5.97 Å². The Morgan fingerprint density at radius 1 is 1.24 bits per heavy atom. The number of hydrogen-bond donors (Lipinski definition) is 0. The number of benzene rings is 1. The second kappa shape index (κ2) is 4.52. The van der Waals surface area contributed by atoms with Gasteiger partial charge < -0.3 is 4.74 Å². The number of carbonyl (C=O) groups excluding carboxylic acids is 1. The van der Waals surface area contributed by atoms with Crippen LogP contribution in [-0.2, 0) is 4.74 Å². The quantitative estimate of drug-likeness (QED) is 0.759. The first-order chi connectivity index (χ1) is 9.77. The lowest BCUT2D eigenvalue weighted by atomic mass is 9.70. The van der Waals surface area contributed by atoms with Crippen LogP contribution in [0.5, 0.6) is 0 Å². The molecule has 0 saturated heterocycles. The van der Waals surface area contributed by atoms with E-state index in [1.165, 1.54) is 6.07 Å². The van der Waals surface area contributed by atoms with E-state index < -0.39 is 23.2 Å². The number of rotatable bonds is 2. The van der Waals surface area contributed by atoms with E-state index in [0.717, 1.165) is 31.4 Å². The van der Waals surface area contributed by atoms with Gasteiger partial charge in [0, 0.05) is 5.41 Å². The van der Waals surface area contributed by atoms with E-state index in [1.54, 1.807) is 0 Å². The molecule has 0 radical (unpaired) electrons. The van der Waals surface area contributed by atoms with E-state index in [9.17, 15) is 13.6 Å². The maximum Gasteiger partial charge on any atom is 0.344 e. The second-order valence-electron chi connectivity index (χ2n) is 7.10. The molecule has 2 fully saturated rings. The molecule has 2 aliphatic rings. The number of halogens is 2. The third-order valence-electron chi connectivity index (χ3n) is 6.13. The molecule has 0 heterocycles. The van der Waals surface area contributed by atoms with Crippen LogP contribution in [0.2, 0.25) is 0 Å². The normalized spacial score (nSPS) is 33.2. The van der Waals surface area contributed by atoms with Gasteiger partial charge in [0.15, 0.2) is 0 Å². The van der Waals surface area contributed by atoms with Crippen LogP contribution in [0.4, 0.5) is 8.78 Å². The molecule has 0 aliphatic heterocycles. The van der Waals surface area contributed by atoms with Gasteiger partial charge in [-0.25, -0.2) is 13.6 Å². The first-order valence-corrected chi connectivity index (χ1v) is 7.42. The SMILES string of the molecule is CC1(C)C2CCC1(C)C(OC(=O)c1c(F)cccc1F)C2. The maximum absolute atomic E-state index is 13.7. The largest absolute Gasteiger partial charge is 0.458 e. The topological polar surface area (TPSA) is 26.3 Å². The van der Waals surface area contributed by atoms with Crippen molar-refractivity contribution in [2.75, 3.05) is 0 Å². The monoisotopic (exact) mass is 294 g/mol. The van der Waals surface area contributed by atoms with Crippen molar-refractivity contribution in [3.8, 4) is 0 Å². The molecule has 0 aromatic heterocycles. The van der Waals surface area contributed by atoms with Crippen molar-refractivity contribution in [1.29, 1.82) is 0 Å². The summed E-state index contributed by atoms with van der Waals surface area (Å²) in [6, 6.07) is 3.39. The van der Waals surface area contributed by atoms with E-state index in [0.29, 0.717) is 5.92 Å². The second-order valence-corrected chi connectivity index (χ2v) is 7.10. The number of hydrogen-bond acceptors (Lipinski definition) is 2. The molecule has 1 aromatic rings. The van der Waals surface area contributed by atoms with Crippen LogP contribution >= 0.6 is 0 Å². The van der Waals surface area contributed by atoms with E-state index in [2.05, 4.69) is 20.8 Å². The van der Waals surface area contributed by atoms with Gasteiger partial charge in [0.25, 0.3) is 0 Å². The van der Waals surface area contributed by atoms with Crippen LogP contribution in [0.3, 0.4) is 0 Å². The minimum absolute atomic E-state index is 0.0890. The molecule has 4 heteroatoms. The highest BCUT2D eigenvalue weighted by molar-refractivity contribution is 5.90. The molecule has 114 valence electrons. The third-order valence-corrected chi connectivity index (χ3v) is 6.13. The molecule has 2 bridgehead atoms. The van der Waals surface area contributed by atoms with Gasteiger partial charge in [-0.15, -0.1) is 0 Å². The Kier molecular flexibility index (Phi) is 3.12. The summed E-state index contributed by atoms with van der Waals surface area (Å²) in [4.78, 5) is 12.2. The molecule has 3 unspecified atom stereocenters. The smallest absolute Gasteiger partial charge is 0.344 e. The zero-order valence-corrected chi connectivity index (χ0v) is 12.6. The lowest BCUT2D eigenvalue weighted by Crippen LogP contribution is -2.38. The average Bonchev–Trinajstić information content (AvgIpc) is 2.71. The van der Waals surface area contributed by atoms with Crippen molar-refractivity contribution in [2.45, 2.75) is 46.1 Å². The van der Waals surface area contributed by atoms with Crippen LogP contribution in [0.15, 0.2) is 18.2 Å². The first kappa shape index (κ1) is 14.5.